The standard InChI is InChI=1S/C7H14O3Si3/c1-5-11-8-12(6-2)10-13(4,7-3)9-11/h5-7,11-12H,1-3H2,4H3. The minimum Gasteiger partial charge on any atom is -0.414 e. The molecule has 0 aromatic carbocycles. The van der Waals surface area contributed by atoms with Crippen LogP contribution in [0.25, 0.3) is 0 Å². The molecule has 13 heavy (non-hydrogen) atoms. The van der Waals surface area contributed by atoms with E-state index in [1.54, 1.807) is 17.1 Å². The first-order chi connectivity index (χ1) is 6.13. The fourth-order valence-corrected chi connectivity index (χ4v) is 10.3. The van der Waals surface area contributed by atoms with Crippen molar-refractivity contribution in [2.24, 2.45) is 0 Å². The lowest BCUT2D eigenvalue weighted by Crippen LogP contribution is -2.54. The Bertz CT molecular complexity index is 215. The summed E-state index contributed by atoms with van der Waals surface area (Å²) in [6.45, 7) is 13.1. The van der Waals surface area contributed by atoms with Crippen molar-refractivity contribution in [1.82, 2.24) is 0 Å². The van der Waals surface area contributed by atoms with Gasteiger partial charge in [-0.1, -0.05) is 17.1 Å². The van der Waals surface area contributed by atoms with Crippen LogP contribution in [0.1, 0.15) is 0 Å². The second-order valence-corrected chi connectivity index (χ2v) is 10.6. The lowest BCUT2D eigenvalue weighted by Gasteiger charge is -2.36. The summed E-state index contributed by atoms with van der Waals surface area (Å²) < 4.78 is 16.9. The summed E-state index contributed by atoms with van der Waals surface area (Å²) in [6.07, 6.45) is 0. The molecule has 1 aliphatic heterocycles. The molecule has 0 spiro atoms. The van der Waals surface area contributed by atoms with Gasteiger partial charge in [-0.2, -0.15) is 0 Å². The molecular weight excluding hydrogens is 216 g/mol. The van der Waals surface area contributed by atoms with E-state index in [2.05, 4.69) is 19.7 Å². The molecule has 6 heteroatoms. The Hall–Kier alpha value is -0.249. The summed E-state index contributed by atoms with van der Waals surface area (Å²) in [5.41, 5.74) is 5.31. The van der Waals surface area contributed by atoms with E-state index in [4.69, 9.17) is 12.3 Å². The quantitative estimate of drug-likeness (QED) is 0.669. The molecule has 0 amide bonds. The van der Waals surface area contributed by atoms with Crippen LogP contribution in [0.3, 0.4) is 0 Å². The van der Waals surface area contributed by atoms with Crippen molar-refractivity contribution in [3.05, 3.63) is 36.8 Å². The Balaban J connectivity index is 2.74. The van der Waals surface area contributed by atoms with Gasteiger partial charge in [0.05, 0.1) is 0 Å². The van der Waals surface area contributed by atoms with E-state index in [0.29, 0.717) is 0 Å². The highest BCUT2D eigenvalue weighted by molar-refractivity contribution is 6.87. The second kappa shape index (κ2) is 4.31. The van der Waals surface area contributed by atoms with Crippen molar-refractivity contribution in [2.75, 3.05) is 0 Å². The summed E-state index contributed by atoms with van der Waals surface area (Å²) in [7, 11) is -5.57. The van der Waals surface area contributed by atoms with Crippen molar-refractivity contribution < 1.29 is 12.3 Å². The van der Waals surface area contributed by atoms with E-state index in [1.807, 2.05) is 6.55 Å². The Morgan fingerprint density at radius 3 is 1.85 bits per heavy atom. The van der Waals surface area contributed by atoms with Crippen LogP contribution in [0, 0.1) is 0 Å². The molecule has 0 aromatic heterocycles. The van der Waals surface area contributed by atoms with E-state index in [9.17, 15) is 0 Å². The molecule has 1 aliphatic rings. The molecule has 0 aromatic rings. The molecule has 2 unspecified atom stereocenters. The third-order valence-electron chi connectivity index (χ3n) is 1.72. The molecule has 3 nitrogen and oxygen atoms in total. The number of hydrogen-bond donors (Lipinski definition) is 0. The Kier molecular flexibility index (Phi) is 3.59. The average Bonchev–Trinajstić information content (AvgIpc) is 2.17. The van der Waals surface area contributed by atoms with E-state index in [1.165, 1.54) is 0 Å². The highest BCUT2D eigenvalue weighted by Gasteiger charge is 2.40. The van der Waals surface area contributed by atoms with Gasteiger partial charge < -0.3 is 12.3 Å². The van der Waals surface area contributed by atoms with Crippen LogP contribution in [0.15, 0.2) is 36.8 Å². The van der Waals surface area contributed by atoms with Gasteiger partial charge >= 0.3 is 27.1 Å². The number of rotatable bonds is 3. The predicted octanol–water partition coefficient (Wildman–Crippen LogP) is 0.738. The number of hydrogen-bond acceptors (Lipinski definition) is 3. The lowest BCUT2D eigenvalue weighted by atomic mass is 11.3. The molecule has 1 heterocycles. The van der Waals surface area contributed by atoms with Gasteiger partial charge in [-0.3, -0.25) is 0 Å². The summed E-state index contributed by atoms with van der Waals surface area (Å²) in [5, 5.41) is 0. The SMILES string of the molecule is C=C[SiH]1O[SiH](C=C)O[Si](C)(C=C)O1. The monoisotopic (exact) mass is 230 g/mol. The Morgan fingerprint density at radius 1 is 1.08 bits per heavy atom. The van der Waals surface area contributed by atoms with Crippen LogP contribution in [0.2, 0.25) is 6.55 Å². The van der Waals surface area contributed by atoms with Gasteiger partial charge in [-0.25, -0.2) is 0 Å². The lowest BCUT2D eigenvalue weighted by molar-refractivity contribution is 0.286. The third-order valence-corrected chi connectivity index (χ3v) is 11.0. The minimum atomic E-state index is -2.16. The van der Waals surface area contributed by atoms with Crippen molar-refractivity contribution in [3.8, 4) is 0 Å². The van der Waals surface area contributed by atoms with Crippen LogP contribution in [-0.2, 0) is 12.3 Å². The zero-order valence-corrected chi connectivity index (χ0v) is 11.0. The van der Waals surface area contributed by atoms with Gasteiger partial charge in [-0.05, 0) is 6.55 Å². The van der Waals surface area contributed by atoms with Crippen molar-refractivity contribution in [3.63, 3.8) is 0 Å². The van der Waals surface area contributed by atoms with E-state index in [0.717, 1.165) is 0 Å². The summed E-state index contributed by atoms with van der Waals surface area (Å²) in [5.74, 6) is 0. The highest BCUT2D eigenvalue weighted by Crippen LogP contribution is 2.19. The fraction of sp³-hybridized carbons (Fsp3) is 0.143. The third kappa shape index (κ3) is 2.59. The molecule has 0 radical (unpaired) electrons. The molecule has 0 aliphatic carbocycles. The molecule has 0 saturated carbocycles. The maximum absolute atomic E-state index is 5.69. The fourth-order valence-electron chi connectivity index (χ4n) is 0.980. The Morgan fingerprint density at radius 2 is 1.54 bits per heavy atom. The molecule has 0 bridgehead atoms. The normalized spacial score (nSPS) is 39.5. The van der Waals surface area contributed by atoms with Crippen LogP contribution < -0.4 is 0 Å². The minimum absolute atomic E-state index is 1.70. The topological polar surface area (TPSA) is 27.7 Å². The smallest absolute Gasteiger partial charge is 0.343 e. The summed E-state index contributed by atoms with van der Waals surface area (Å²) >= 11 is 0. The van der Waals surface area contributed by atoms with Crippen molar-refractivity contribution in [2.45, 2.75) is 6.55 Å². The van der Waals surface area contributed by atoms with Crippen molar-refractivity contribution >= 4 is 27.1 Å². The molecule has 72 valence electrons. The van der Waals surface area contributed by atoms with Gasteiger partial charge in [0.2, 0.25) is 0 Å². The second-order valence-electron chi connectivity index (χ2n) is 2.80. The van der Waals surface area contributed by atoms with Gasteiger partial charge in [-0.15, -0.1) is 19.7 Å². The van der Waals surface area contributed by atoms with E-state index in [-0.39, 0.29) is 0 Å². The van der Waals surface area contributed by atoms with Crippen molar-refractivity contribution in [1.29, 1.82) is 0 Å². The zero-order chi connectivity index (χ0) is 9.90. The molecule has 1 rings (SSSR count). The first-order valence-corrected chi connectivity index (χ1v) is 9.64. The molecule has 0 N–H and O–H groups in total. The van der Waals surface area contributed by atoms with E-state index >= 15 is 0 Å². The van der Waals surface area contributed by atoms with Crippen LogP contribution in [-0.4, -0.2) is 27.1 Å². The molecule has 2 atom stereocenters. The van der Waals surface area contributed by atoms with Gasteiger partial charge in [0.25, 0.3) is 0 Å². The van der Waals surface area contributed by atoms with Gasteiger partial charge in [0, 0.05) is 0 Å². The van der Waals surface area contributed by atoms with Gasteiger partial charge in [0.15, 0.2) is 0 Å². The zero-order valence-electron chi connectivity index (χ0n) is 7.73. The highest BCUT2D eigenvalue weighted by atomic mass is 28.5. The summed E-state index contributed by atoms with van der Waals surface area (Å²) in [6, 6.07) is 0. The van der Waals surface area contributed by atoms with Crippen LogP contribution in [0.5, 0.6) is 0 Å². The van der Waals surface area contributed by atoms with Crippen LogP contribution in [0.4, 0.5) is 0 Å². The predicted molar refractivity (Wildman–Crippen MR) is 59.8 cm³/mol. The summed E-state index contributed by atoms with van der Waals surface area (Å²) in [4.78, 5) is 0. The average molecular weight is 230 g/mol. The molecule has 1 saturated heterocycles. The first-order valence-electron chi connectivity index (χ1n) is 4.03. The Labute approximate surface area is 83.3 Å². The first kappa shape index (κ1) is 10.8. The molecule has 1 fully saturated rings. The van der Waals surface area contributed by atoms with E-state index < -0.39 is 27.1 Å². The van der Waals surface area contributed by atoms with Crippen LogP contribution >= 0.6 is 0 Å². The molecular formula is C7H14O3Si3. The van der Waals surface area contributed by atoms with Gasteiger partial charge in [0.1, 0.15) is 0 Å². The maximum Gasteiger partial charge on any atom is 0.343 e. The maximum atomic E-state index is 5.69. The largest absolute Gasteiger partial charge is 0.414 e.